The molecule has 0 radical (unpaired) electrons. The van der Waals surface area contributed by atoms with Crippen LogP contribution in [0.3, 0.4) is 0 Å². The fourth-order valence-electron chi connectivity index (χ4n) is 2.86. The number of H-pyrrole nitrogens is 1. The van der Waals surface area contributed by atoms with E-state index in [0.29, 0.717) is 10.8 Å². The smallest absolute Gasteiger partial charge is 0.164 e. The number of nitrogens with two attached hydrogens (primary N) is 1. The van der Waals surface area contributed by atoms with Crippen LogP contribution in [-0.2, 0) is 5.54 Å². The van der Waals surface area contributed by atoms with Crippen molar-refractivity contribution in [3.8, 4) is 11.4 Å². The molecule has 0 amide bonds. The molecule has 0 aliphatic carbocycles. The standard InChI is InChI=1S/C17H17ClN6/c1-17(2,3)24-16-13(15(19)20-8-21-16)14(23-24)12-6-9-4-5-10(18)7-11(9)22-12/h4-8,22H,1-3H3,(H2,19,20,21). The Balaban J connectivity index is 2.05. The first-order valence-corrected chi connectivity index (χ1v) is 8.01. The summed E-state index contributed by atoms with van der Waals surface area (Å²) in [6.45, 7) is 6.23. The lowest BCUT2D eigenvalue weighted by Crippen LogP contribution is -2.23. The highest BCUT2D eigenvalue weighted by Gasteiger charge is 2.24. The highest BCUT2D eigenvalue weighted by atomic mass is 35.5. The number of benzene rings is 1. The molecule has 4 rings (SSSR count). The molecule has 122 valence electrons. The summed E-state index contributed by atoms with van der Waals surface area (Å²) in [7, 11) is 0. The lowest BCUT2D eigenvalue weighted by Gasteiger charge is -2.19. The number of hydrogen-bond acceptors (Lipinski definition) is 4. The number of nitrogens with one attached hydrogen (secondary N) is 1. The molecular weight excluding hydrogens is 324 g/mol. The van der Waals surface area contributed by atoms with Crippen LogP contribution in [0.15, 0.2) is 30.6 Å². The van der Waals surface area contributed by atoms with Crippen LogP contribution in [0, 0.1) is 0 Å². The Morgan fingerprint density at radius 3 is 2.71 bits per heavy atom. The van der Waals surface area contributed by atoms with Crippen molar-refractivity contribution in [2.75, 3.05) is 5.73 Å². The maximum atomic E-state index is 6.13. The Bertz CT molecular complexity index is 1070. The third kappa shape index (κ3) is 2.22. The molecule has 6 nitrogen and oxygen atoms in total. The van der Waals surface area contributed by atoms with Crippen molar-refractivity contribution < 1.29 is 0 Å². The second-order valence-electron chi connectivity index (χ2n) is 6.80. The van der Waals surface area contributed by atoms with E-state index < -0.39 is 0 Å². The van der Waals surface area contributed by atoms with Gasteiger partial charge >= 0.3 is 0 Å². The second kappa shape index (κ2) is 4.95. The van der Waals surface area contributed by atoms with Crippen LogP contribution in [0.2, 0.25) is 5.02 Å². The number of aromatic nitrogens is 5. The third-order valence-electron chi connectivity index (χ3n) is 3.97. The van der Waals surface area contributed by atoms with Gasteiger partial charge in [0.15, 0.2) is 5.65 Å². The molecule has 0 fully saturated rings. The molecule has 3 heterocycles. The normalized spacial score (nSPS) is 12.3. The Labute approximate surface area is 143 Å². The van der Waals surface area contributed by atoms with Gasteiger partial charge in [0.05, 0.1) is 16.6 Å². The first-order chi connectivity index (χ1) is 11.3. The maximum absolute atomic E-state index is 6.13. The average Bonchev–Trinajstić information content (AvgIpc) is 3.07. The van der Waals surface area contributed by atoms with Gasteiger partial charge in [-0.25, -0.2) is 14.6 Å². The fraction of sp³-hybridized carbons (Fsp3) is 0.235. The number of hydrogen-bond donors (Lipinski definition) is 2. The summed E-state index contributed by atoms with van der Waals surface area (Å²) in [5.41, 5.74) is 9.18. The highest BCUT2D eigenvalue weighted by Crippen LogP contribution is 2.34. The summed E-state index contributed by atoms with van der Waals surface area (Å²) in [6, 6.07) is 7.77. The SMILES string of the molecule is CC(C)(C)n1nc(-c2cc3ccc(Cl)cc3[nH]2)c2c(N)ncnc21. The first-order valence-electron chi connectivity index (χ1n) is 7.63. The van der Waals surface area contributed by atoms with E-state index >= 15 is 0 Å². The monoisotopic (exact) mass is 340 g/mol. The van der Waals surface area contributed by atoms with Crippen LogP contribution in [0.1, 0.15) is 20.8 Å². The van der Waals surface area contributed by atoms with Crippen LogP contribution in [0.25, 0.3) is 33.3 Å². The van der Waals surface area contributed by atoms with Gasteiger partial charge in [-0.3, -0.25) is 0 Å². The molecule has 0 aliphatic heterocycles. The van der Waals surface area contributed by atoms with Gasteiger partial charge < -0.3 is 10.7 Å². The van der Waals surface area contributed by atoms with Gasteiger partial charge in [-0.2, -0.15) is 5.10 Å². The molecule has 3 N–H and O–H groups in total. The Morgan fingerprint density at radius 2 is 1.96 bits per heavy atom. The quantitative estimate of drug-likeness (QED) is 0.549. The van der Waals surface area contributed by atoms with Crippen molar-refractivity contribution in [1.82, 2.24) is 24.7 Å². The average molecular weight is 341 g/mol. The molecule has 24 heavy (non-hydrogen) atoms. The molecule has 0 saturated carbocycles. The maximum Gasteiger partial charge on any atom is 0.164 e. The van der Waals surface area contributed by atoms with E-state index in [9.17, 15) is 0 Å². The molecule has 0 spiro atoms. The summed E-state index contributed by atoms with van der Waals surface area (Å²) >= 11 is 6.08. The van der Waals surface area contributed by atoms with Crippen LogP contribution in [0.4, 0.5) is 5.82 Å². The zero-order valence-corrected chi connectivity index (χ0v) is 14.4. The van der Waals surface area contributed by atoms with Crippen molar-refractivity contribution in [3.05, 3.63) is 35.6 Å². The largest absolute Gasteiger partial charge is 0.383 e. The van der Waals surface area contributed by atoms with Crippen molar-refractivity contribution in [1.29, 1.82) is 0 Å². The summed E-state index contributed by atoms with van der Waals surface area (Å²) in [5.74, 6) is 0.419. The number of nitrogens with zero attached hydrogens (tertiary/aromatic N) is 4. The minimum atomic E-state index is -0.230. The molecule has 0 aliphatic rings. The third-order valence-corrected chi connectivity index (χ3v) is 4.20. The van der Waals surface area contributed by atoms with Crippen molar-refractivity contribution in [2.24, 2.45) is 0 Å². The number of aromatic amines is 1. The fourth-order valence-corrected chi connectivity index (χ4v) is 3.03. The summed E-state index contributed by atoms with van der Waals surface area (Å²) in [4.78, 5) is 11.9. The predicted octanol–water partition coefficient (Wildman–Crippen LogP) is 3.97. The predicted molar refractivity (Wildman–Crippen MR) is 97.0 cm³/mol. The molecule has 0 atom stereocenters. The first kappa shape index (κ1) is 15.0. The van der Waals surface area contributed by atoms with Gasteiger partial charge in [0.25, 0.3) is 0 Å². The van der Waals surface area contributed by atoms with E-state index in [2.05, 4.69) is 35.7 Å². The van der Waals surface area contributed by atoms with Crippen LogP contribution in [-0.4, -0.2) is 24.7 Å². The van der Waals surface area contributed by atoms with E-state index in [4.69, 9.17) is 22.4 Å². The van der Waals surface area contributed by atoms with Gasteiger partial charge in [-0.1, -0.05) is 17.7 Å². The topological polar surface area (TPSA) is 85.4 Å². The van der Waals surface area contributed by atoms with Gasteiger partial charge in [0.2, 0.25) is 0 Å². The Morgan fingerprint density at radius 1 is 1.17 bits per heavy atom. The summed E-state index contributed by atoms with van der Waals surface area (Å²) in [6.07, 6.45) is 1.47. The van der Waals surface area contributed by atoms with Gasteiger partial charge in [-0.15, -0.1) is 0 Å². The zero-order chi connectivity index (χ0) is 17.1. The summed E-state index contributed by atoms with van der Waals surface area (Å²) < 4.78 is 1.88. The molecule has 0 unspecified atom stereocenters. The second-order valence-corrected chi connectivity index (χ2v) is 7.24. The van der Waals surface area contributed by atoms with E-state index in [0.717, 1.165) is 33.3 Å². The number of nitrogen functional groups attached to an aromatic ring is 1. The molecule has 4 aromatic rings. The van der Waals surface area contributed by atoms with E-state index in [-0.39, 0.29) is 5.54 Å². The lowest BCUT2D eigenvalue weighted by atomic mass is 10.1. The molecule has 0 saturated heterocycles. The van der Waals surface area contributed by atoms with Crippen LogP contribution in [0.5, 0.6) is 0 Å². The summed E-state index contributed by atoms with van der Waals surface area (Å²) in [5, 5.41) is 7.28. The molecular formula is C17H17ClN6. The molecule has 1 aromatic carbocycles. The van der Waals surface area contributed by atoms with Gasteiger partial charge in [0.1, 0.15) is 17.8 Å². The lowest BCUT2D eigenvalue weighted by molar-refractivity contribution is 0.366. The van der Waals surface area contributed by atoms with E-state index in [1.54, 1.807) is 0 Å². The number of fused-ring (bicyclic) bond motifs is 2. The Kier molecular flexibility index (Phi) is 3.08. The number of halogens is 1. The van der Waals surface area contributed by atoms with E-state index in [1.165, 1.54) is 6.33 Å². The van der Waals surface area contributed by atoms with Gasteiger partial charge in [-0.05, 0) is 39.0 Å². The molecule has 3 aromatic heterocycles. The minimum absolute atomic E-state index is 0.230. The van der Waals surface area contributed by atoms with Gasteiger partial charge in [0, 0.05) is 15.9 Å². The zero-order valence-electron chi connectivity index (χ0n) is 13.6. The van der Waals surface area contributed by atoms with Crippen molar-refractivity contribution in [3.63, 3.8) is 0 Å². The van der Waals surface area contributed by atoms with Crippen molar-refractivity contribution in [2.45, 2.75) is 26.3 Å². The van der Waals surface area contributed by atoms with Crippen molar-refractivity contribution >= 4 is 39.4 Å². The van der Waals surface area contributed by atoms with Crippen LogP contribution >= 0.6 is 11.6 Å². The van der Waals surface area contributed by atoms with E-state index in [1.807, 2.05) is 28.9 Å². The Hall–Kier alpha value is -2.60. The molecule has 0 bridgehead atoms. The van der Waals surface area contributed by atoms with Crippen LogP contribution < -0.4 is 5.73 Å². The minimum Gasteiger partial charge on any atom is -0.383 e. The number of rotatable bonds is 1. The molecule has 7 heteroatoms. The highest BCUT2D eigenvalue weighted by molar-refractivity contribution is 6.31. The number of anilines is 1.